The van der Waals surface area contributed by atoms with Gasteiger partial charge < -0.3 is 4.74 Å². The van der Waals surface area contributed by atoms with E-state index in [4.69, 9.17) is 16.3 Å². The molecule has 0 saturated carbocycles. The summed E-state index contributed by atoms with van der Waals surface area (Å²) in [6.45, 7) is 6.05. The van der Waals surface area contributed by atoms with Crippen molar-refractivity contribution in [2.75, 3.05) is 0 Å². The van der Waals surface area contributed by atoms with Crippen molar-refractivity contribution in [3.8, 4) is 11.8 Å². The van der Waals surface area contributed by atoms with Crippen molar-refractivity contribution in [2.45, 2.75) is 59.3 Å². The number of carbonyl (C=O) groups excluding carboxylic acids is 1. The first-order chi connectivity index (χ1) is 13.0. The van der Waals surface area contributed by atoms with Gasteiger partial charge in [-0.25, -0.2) is 0 Å². The summed E-state index contributed by atoms with van der Waals surface area (Å²) in [7, 11) is 0. The summed E-state index contributed by atoms with van der Waals surface area (Å²) in [5.41, 5.74) is 2.18. The van der Waals surface area contributed by atoms with Gasteiger partial charge in [0.15, 0.2) is 0 Å². The highest BCUT2D eigenvalue weighted by Gasteiger charge is 2.19. The van der Waals surface area contributed by atoms with Gasteiger partial charge in [-0.3, -0.25) is 4.79 Å². The summed E-state index contributed by atoms with van der Waals surface area (Å²) in [5, 5.41) is 0.466. The Morgan fingerprint density at radius 2 is 2.04 bits per heavy atom. The van der Waals surface area contributed by atoms with E-state index in [1.807, 2.05) is 26.8 Å². The number of allylic oxidation sites excluding steroid dienone is 9. The van der Waals surface area contributed by atoms with E-state index in [-0.39, 0.29) is 17.8 Å². The molecular weight excluding hydrogens is 356 g/mol. The Bertz CT molecular complexity index is 751. The van der Waals surface area contributed by atoms with Crippen molar-refractivity contribution in [1.29, 1.82) is 0 Å². The molecule has 0 aromatic heterocycles. The molecule has 0 amide bonds. The highest BCUT2D eigenvalue weighted by molar-refractivity contribution is 6.32. The first-order valence-corrected chi connectivity index (χ1v) is 10.2. The SMILES string of the molecule is CC1C#CC(C(C)C)=C(Cl)C(OC(=O)CCCCC2=C/C/C=C\C/C=C\2)=C1. The molecule has 144 valence electrons. The number of halogens is 1. The Kier molecular flexibility index (Phi) is 8.69. The normalized spacial score (nSPS) is 23.8. The molecule has 0 fully saturated rings. The van der Waals surface area contributed by atoms with Gasteiger partial charge in [-0.1, -0.05) is 73.2 Å². The molecule has 0 N–H and O–H groups in total. The Morgan fingerprint density at radius 3 is 2.81 bits per heavy atom. The van der Waals surface area contributed by atoms with E-state index in [0.717, 1.165) is 37.7 Å². The second kappa shape index (κ2) is 11.0. The van der Waals surface area contributed by atoms with Crippen LogP contribution in [-0.2, 0) is 9.53 Å². The van der Waals surface area contributed by atoms with Crippen LogP contribution in [0.4, 0.5) is 0 Å². The molecule has 1 atom stereocenters. The Balaban J connectivity index is 1.84. The predicted molar refractivity (Wildman–Crippen MR) is 113 cm³/mol. The van der Waals surface area contributed by atoms with Gasteiger partial charge in [0.25, 0.3) is 0 Å². The third-order valence-electron chi connectivity index (χ3n) is 4.47. The van der Waals surface area contributed by atoms with Crippen molar-refractivity contribution in [1.82, 2.24) is 0 Å². The molecule has 0 heterocycles. The number of hydrogen-bond acceptors (Lipinski definition) is 2. The van der Waals surface area contributed by atoms with Crippen LogP contribution < -0.4 is 0 Å². The molecule has 0 bridgehead atoms. The number of esters is 1. The maximum absolute atomic E-state index is 12.3. The third kappa shape index (κ3) is 7.27. The zero-order chi connectivity index (χ0) is 19.6. The van der Waals surface area contributed by atoms with E-state index in [1.54, 1.807) is 0 Å². The number of rotatable bonds is 7. The topological polar surface area (TPSA) is 26.3 Å². The molecule has 2 nitrogen and oxygen atoms in total. The number of unbranched alkanes of at least 4 members (excludes halogenated alkanes) is 1. The van der Waals surface area contributed by atoms with Gasteiger partial charge in [0, 0.05) is 17.9 Å². The molecule has 0 saturated heterocycles. The van der Waals surface area contributed by atoms with E-state index >= 15 is 0 Å². The number of hydrogen-bond donors (Lipinski definition) is 0. The molecule has 0 aliphatic heterocycles. The standard InChI is InChI=1S/C24H29ClO2/c1-18(2)21-16-15-19(3)17-22(24(21)25)27-23(26)14-10-9-13-20-11-7-5-4-6-8-12-20/h4-5,8,11-12,17-19H,6-7,9-10,13-14H2,1-3H3/b5-4-,12-8-,20-11+. The summed E-state index contributed by atoms with van der Waals surface area (Å²) in [6.07, 6.45) is 18.0. The van der Waals surface area contributed by atoms with Crippen LogP contribution in [0.15, 0.2) is 58.4 Å². The van der Waals surface area contributed by atoms with Crippen molar-refractivity contribution in [3.63, 3.8) is 0 Å². The second-order valence-electron chi connectivity index (χ2n) is 7.28. The minimum absolute atomic E-state index is 0.00453. The van der Waals surface area contributed by atoms with Crippen molar-refractivity contribution < 1.29 is 9.53 Å². The van der Waals surface area contributed by atoms with Crippen LogP contribution in [0.3, 0.4) is 0 Å². The smallest absolute Gasteiger partial charge is 0.311 e. The molecular formula is C24H29ClO2. The van der Waals surface area contributed by atoms with E-state index in [1.165, 1.54) is 5.57 Å². The van der Waals surface area contributed by atoms with Crippen LogP contribution in [-0.4, -0.2) is 5.97 Å². The molecule has 2 aliphatic rings. The molecule has 0 aromatic rings. The fourth-order valence-electron chi connectivity index (χ4n) is 2.93. The summed E-state index contributed by atoms with van der Waals surface area (Å²) in [6, 6.07) is 0. The maximum Gasteiger partial charge on any atom is 0.311 e. The van der Waals surface area contributed by atoms with Crippen LogP contribution >= 0.6 is 11.6 Å². The summed E-state index contributed by atoms with van der Waals surface area (Å²) < 4.78 is 5.58. The summed E-state index contributed by atoms with van der Waals surface area (Å²) >= 11 is 6.46. The van der Waals surface area contributed by atoms with E-state index in [2.05, 4.69) is 42.2 Å². The van der Waals surface area contributed by atoms with E-state index in [0.29, 0.717) is 17.2 Å². The largest absolute Gasteiger partial charge is 0.425 e. The molecule has 0 aromatic carbocycles. The minimum Gasteiger partial charge on any atom is -0.425 e. The van der Waals surface area contributed by atoms with Crippen molar-refractivity contribution in [2.24, 2.45) is 11.8 Å². The molecule has 3 heteroatoms. The van der Waals surface area contributed by atoms with Crippen molar-refractivity contribution in [3.05, 3.63) is 58.4 Å². The Hall–Kier alpha value is -1.98. The van der Waals surface area contributed by atoms with Gasteiger partial charge in [-0.15, -0.1) is 0 Å². The van der Waals surface area contributed by atoms with Gasteiger partial charge >= 0.3 is 5.97 Å². The first-order valence-electron chi connectivity index (χ1n) is 9.82. The third-order valence-corrected chi connectivity index (χ3v) is 4.86. The molecule has 2 rings (SSSR count). The lowest BCUT2D eigenvalue weighted by molar-refractivity contribution is -0.139. The predicted octanol–water partition coefficient (Wildman–Crippen LogP) is 6.61. The van der Waals surface area contributed by atoms with Crippen molar-refractivity contribution >= 4 is 17.6 Å². The molecule has 2 aliphatic carbocycles. The zero-order valence-electron chi connectivity index (χ0n) is 16.6. The molecule has 0 radical (unpaired) electrons. The van der Waals surface area contributed by atoms with E-state index in [9.17, 15) is 4.79 Å². The maximum atomic E-state index is 12.3. The van der Waals surface area contributed by atoms with Gasteiger partial charge in [0.2, 0.25) is 0 Å². The fraction of sp³-hybridized carbons (Fsp3) is 0.458. The first kappa shape index (κ1) is 21.3. The molecule has 1 unspecified atom stereocenters. The lowest BCUT2D eigenvalue weighted by atomic mass is 10.0. The Morgan fingerprint density at radius 1 is 1.26 bits per heavy atom. The minimum atomic E-state index is -0.235. The van der Waals surface area contributed by atoms with Crippen LogP contribution in [0.25, 0.3) is 0 Å². The molecule has 0 spiro atoms. The van der Waals surface area contributed by atoms with Gasteiger partial charge in [-0.05, 0) is 51.0 Å². The van der Waals surface area contributed by atoms with E-state index < -0.39 is 0 Å². The molecule has 27 heavy (non-hydrogen) atoms. The lowest BCUT2D eigenvalue weighted by Gasteiger charge is -2.12. The lowest BCUT2D eigenvalue weighted by Crippen LogP contribution is -2.07. The van der Waals surface area contributed by atoms with Gasteiger partial charge in [-0.2, -0.15) is 0 Å². The second-order valence-corrected chi connectivity index (χ2v) is 7.65. The monoisotopic (exact) mass is 384 g/mol. The number of ether oxygens (including phenoxy) is 1. The summed E-state index contributed by atoms with van der Waals surface area (Å²) in [4.78, 5) is 12.3. The van der Waals surface area contributed by atoms with Gasteiger partial charge in [0.05, 0.1) is 5.03 Å². The van der Waals surface area contributed by atoms with Crippen LogP contribution in [0.2, 0.25) is 0 Å². The highest BCUT2D eigenvalue weighted by Crippen LogP contribution is 2.28. The average Bonchev–Trinajstić information content (AvgIpc) is 2.72. The Labute approximate surface area is 168 Å². The van der Waals surface area contributed by atoms with Crippen LogP contribution in [0.1, 0.15) is 59.3 Å². The van der Waals surface area contributed by atoms with Crippen LogP contribution in [0.5, 0.6) is 0 Å². The average molecular weight is 385 g/mol. The fourth-order valence-corrected chi connectivity index (χ4v) is 3.30. The quantitative estimate of drug-likeness (QED) is 0.213. The van der Waals surface area contributed by atoms with Gasteiger partial charge in [0.1, 0.15) is 5.76 Å². The highest BCUT2D eigenvalue weighted by atomic mass is 35.5. The van der Waals surface area contributed by atoms with Crippen LogP contribution in [0, 0.1) is 23.7 Å². The zero-order valence-corrected chi connectivity index (χ0v) is 17.3. The summed E-state index contributed by atoms with van der Waals surface area (Å²) in [5.74, 6) is 6.65. The number of carbonyl (C=O) groups is 1.